The first-order valence-corrected chi connectivity index (χ1v) is 12.5. The van der Waals surface area contributed by atoms with Crippen molar-refractivity contribution in [1.29, 1.82) is 5.26 Å². The lowest BCUT2D eigenvalue weighted by Gasteiger charge is -2.32. The second-order valence-electron chi connectivity index (χ2n) is 8.54. The Morgan fingerprint density at radius 3 is 2.77 bits per heavy atom. The zero-order valence-electron chi connectivity index (χ0n) is 19.8. The number of nitriles is 1. The molecule has 0 saturated carbocycles. The van der Waals surface area contributed by atoms with Gasteiger partial charge in [-0.3, -0.25) is 4.90 Å². The van der Waals surface area contributed by atoms with Crippen molar-refractivity contribution >= 4 is 22.7 Å². The van der Waals surface area contributed by atoms with E-state index in [2.05, 4.69) is 26.8 Å². The van der Waals surface area contributed by atoms with Crippen molar-refractivity contribution in [2.24, 2.45) is 5.92 Å². The molecule has 1 aliphatic rings. The summed E-state index contributed by atoms with van der Waals surface area (Å²) in [7, 11) is 0. The standard InChI is InChI=1S/C26H29FN6OS/c1-3-34-25-22(13-28)23(29)12-24(32-25)17(2)30-14-18-8-10-33(11-9-18)16-21-15-31-26(35-21)19-4-6-20(27)7-5-19/h4-7,12,15,18,30H,2-3,8-11,14,16H2,1H3,(H2,29,32). The van der Waals surface area contributed by atoms with Crippen molar-refractivity contribution in [1.82, 2.24) is 20.2 Å². The fourth-order valence-corrected chi connectivity index (χ4v) is 5.04. The highest BCUT2D eigenvalue weighted by molar-refractivity contribution is 7.15. The highest BCUT2D eigenvalue weighted by atomic mass is 32.1. The summed E-state index contributed by atoms with van der Waals surface area (Å²) in [5, 5.41) is 13.6. The van der Waals surface area contributed by atoms with Crippen molar-refractivity contribution < 1.29 is 9.13 Å². The van der Waals surface area contributed by atoms with Gasteiger partial charge >= 0.3 is 0 Å². The number of hydrogen-bond acceptors (Lipinski definition) is 8. The molecule has 2 aromatic heterocycles. The van der Waals surface area contributed by atoms with Crippen molar-refractivity contribution in [2.75, 3.05) is 32.0 Å². The number of benzene rings is 1. The van der Waals surface area contributed by atoms with Crippen molar-refractivity contribution in [3.63, 3.8) is 0 Å². The van der Waals surface area contributed by atoms with E-state index in [4.69, 9.17) is 10.5 Å². The predicted molar refractivity (Wildman–Crippen MR) is 137 cm³/mol. The van der Waals surface area contributed by atoms with Crippen LogP contribution in [0.1, 0.15) is 35.9 Å². The summed E-state index contributed by atoms with van der Waals surface area (Å²) in [5.74, 6) is 0.535. The molecule has 0 bridgehead atoms. The lowest BCUT2D eigenvalue weighted by molar-refractivity contribution is 0.179. The van der Waals surface area contributed by atoms with Crippen LogP contribution in [-0.2, 0) is 6.54 Å². The van der Waals surface area contributed by atoms with Crippen LogP contribution in [0.15, 0.2) is 43.1 Å². The molecule has 0 unspecified atom stereocenters. The fraction of sp³-hybridized carbons (Fsp3) is 0.346. The van der Waals surface area contributed by atoms with E-state index in [0.717, 1.165) is 49.6 Å². The third kappa shape index (κ3) is 6.15. The summed E-state index contributed by atoms with van der Waals surface area (Å²) in [6.45, 7) is 10.0. The van der Waals surface area contributed by atoms with Crippen molar-refractivity contribution in [2.45, 2.75) is 26.3 Å². The van der Waals surface area contributed by atoms with E-state index in [-0.39, 0.29) is 17.3 Å². The van der Waals surface area contributed by atoms with Gasteiger partial charge in [-0.15, -0.1) is 11.3 Å². The van der Waals surface area contributed by atoms with Gasteiger partial charge in [0.1, 0.15) is 22.5 Å². The highest BCUT2D eigenvalue weighted by Crippen LogP contribution is 2.28. The van der Waals surface area contributed by atoms with Crippen LogP contribution in [0.4, 0.5) is 10.1 Å². The zero-order chi connectivity index (χ0) is 24.8. The smallest absolute Gasteiger partial charge is 0.234 e. The Morgan fingerprint density at radius 1 is 1.34 bits per heavy atom. The lowest BCUT2D eigenvalue weighted by Crippen LogP contribution is -2.36. The molecule has 1 saturated heterocycles. The molecule has 3 aromatic rings. The van der Waals surface area contributed by atoms with Crippen LogP contribution in [0.3, 0.4) is 0 Å². The van der Waals surface area contributed by atoms with Gasteiger partial charge in [-0.2, -0.15) is 5.26 Å². The molecular formula is C26H29FN6OS. The number of ether oxygens (including phenoxy) is 1. The first-order chi connectivity index (χ1) is 17.0. The van der Waals surface area contributed by atoms with Gasteiger partial charge in [0.2, 0.25) is 5.88 Å². The molecule has 0 spiro atoms. The monoisotopic (exact) mass is 492 g/mol. The number of piperidine rings is 1. The maximum atomic E-state index is 13.2. The third-order valence-corrected chi connectivity index (χ3v) is 7.09. The molecule has 4 rings (SSSR count). The summed E-state index contributed by atoms with van der Waals surface area (Å²) in [6, 6.07) is 10.2. The first-order valence-electron chi connectivity index (χ1n) is 11.7. The molecule has 1 aliphatic heterocycles. The van der Waals surface area contributed by atoms with E-state index in [1.807, 2.05) is 19.2 Å². The topological polar surface area (TPSA) is 100 Å². The average molecular weight is 493 g/mol. The van der Waals surface area contributed by atoms with Gasteiger partial charge < -0.3 is 15.8 Å². The minimum Gasteiger partial charge on any atom is -0.477 e. The maximum Gasteiger partial charge on any atom is 0.234 e. The number of halogens is 1. The van der Waals surface area contributed by atoms with Gasteiger partial charge in [0, 0.05) is 29.7 Å². The van der Waals surface area contributed by atoms with Gasteiger partial charge in [0.15, 0.2) is 0 Å². The van der Waals surface area contributed by atoms with Crippen molar-refractivity contribution in [3.05, 3.63) is 65.1 Å². The number of aromatic nitrogens is 2. The lowest BCUT2D eigenvalue weighted by atomic mass is 9.96. The summed E-state index contributed by atoms with van der Waals surface area (Å²) in [5.41, 5.74) is 8.81. The Labute approximate surface area is 209 Å². The molecule has 9 heteroatoms. The Kier molecular flexibility index (Phi) is 7.95. The molecule has 0 atom stereocenters. The van der Waals surface area contributed by atoms with Crippen molar-refractivity contribution in [3.8, 4) is 22.5 Å². The summed E-state index contributed by atoms with van der Waals surface area (Å²) >= 11 is 1.66. The van der Waals surface area contributed by atoms with Gasteiger partial charge in [0.25, 0.3) is 0 Å². The molecular weight excluding hydrogens is 463 g/mol. The fourth-order valence-electron chi connectivity index (χ4n) is 4.08. The number of nitrogens with zero attached hydrogens (tertiary/aromatic N) is 4. The molecule has 1 aromatic carbocycles. The Morgan fingerprint density at radius 2 is 2.09 bits per heavy atom. The normalized spacial score (nSPS) is 14.4. The van der Waals surface area contributed by atoms with Crippen LogP contribution in [0.2, 0.25) is 0 Å². The molecule has 1 fully saturated rings. The minimum atomic E-state index is -0.237. The molecule has 3 heterocycles. The number of nitrogens with one attached hydrogen (secondary N) is 1. The van der Waals surface area contributed by atoms with Gasteiger partial charge in [0.05, 0.1) is 23.7 Å². The minimum absolute atomic E-state index is 0.237. The van der Waals surface area contributed by atoms with E-state index in [1.165, 1.54) is 17.0 Å². The van der Waals surface area contributed by atoms with Gasteiger partial charge in [-0.05, 0) is 69.1 Å². The predicted octanol–water partition coefficient (Wildman–Crippen LogP) is 4.67. The maximum absolute atomic E-state index is 13.2. The first kappa shape index (κ1) is 24.6. The molecule has 35 heavy (non-hydrogen) atoms. The quantitative estimate of drug-likeness (QED) is 0.448. The van der Waals surface area contributed by atoms with E-state index < -0.39 is 0 Å². The Hall–Kier alpha value is -3.48. The van der Waals surface area contributed by atoms with Gasteiger partial charge in [-0.1, -0.05) is 6.58 Å². The molecule has 0 amide bonds. The number of anilines is 1. The SMILES string of the molecule is C=C(NCC1CCN(Cc2cnc(-c3ccc(F)cc3)s2)CC1)c1cc(N)c(C#N)c(OCC)n1. The van der Waals surface area contributed by atoms with E-state index in [0.29, 0.717) is 29.6 Å². The van der Waals surface area contributed by atoms with Crippen LogP contribution in [0.25, 0.3) is 16.3 Å². The Balaban J connectivity index is 1.26. The number of rotatable bonds is 9. The average Bonchev–Trinajstić information content (AvgIpc) is 3.32. The zero-order valence-corrected chi connectivity index (χ0v) is 20.6. The molecule has 0 aliphatic carbocycles. The third-order valence-electron chi connectivity index (χ3n) is 6.05. The highest BCUT2D eigenvalue weighted by Gasteiger charge is 2.21. The second-order valence-corrected chi connectivity index (χ2v) is 9.65. The number of thiazole rings is 1. The van der Waals surface area contributed by atoms with Gasteiger partial charge in [-0.25, -0.2) is 14.4 Å². The van der Waals surface area contributed by atoms with Crippen LogP contribution < -0.4 is 15.8 Å². The van der Waals surface area contributed by atoms with Crippen LogP contribution in [-0.4, -0.2) is 41.1 Å². The number of nitrogens with two attached hydrogens (primary N) is 1. The summed E-state index contributed by atoms with van der Waals surface area (Å²) < 4.78 is 18.6. The van der Waals surface area contributed by atoms with Crippen LogP contribution in [0.5, 0.6) is 5.88 Å². The largest absolute Gasteiger partial charge is 0.477 e. The molecule has 3 N–H and O–H groups in total. The second kappa shape index (κ2) is 11.3. The Bertz CT molecular complexity index is 1210. The number of hydrogen-bond donors (Lipinski definition) is 2. The van der Waals surface area contributed by atoms with E-state index in [1.54, 1.807) is 29.5 Å². The molecule has 7 nitrogen and oxygen atoms in total. The van der Waals surface area contributed by atoms with E-state index >= 15 is 0 Å². The number of pyridine rings is 1. The van der Waals surface area contributed by atoms with Crippen LogP contribution in [0, 0.1) is 23.1 Å². The summed E-state index contributed by atoms with van der Waals surface area (Å²) in [6.07, 6.45) is 4.09. The van der Waals surface area contributed by atoms with Crippen LogP contribution >= 0.6 is 11.3 Å². The molecule has 0 radical (unpaired) electrons. The molecule has 182 valence electrons. The number of likely N-dealkylation sites (tertiary alicyclic amines) is 1. The van der Waals surface area contributed by atoms with E-state index in [9.17, 15) is 9.65 Å². The number of nitrogen functional groups attached to an aromatic ring is 1. The summed E-state index contributed by atoms with van der Waals surface area (Å²) in [4.78, 5) is 12.6.